The van der Waals surface area contributed by atoms with E-state index in [1.807, 2.05) is 0 Å². The van der Waals surface area contributed by atoms with Crippen molar-refractivity contribution in [3.8, 4) is 28.7 Å². The Morgan fingerprint density at radius 3 is 2.33 bits per heavy atom. The average Bonchev–Trinajstić information content (AvgIpc) is 2.37. The molecule has 0 radical (unpaired) electrons. The lowest BCUT2D eigenvalue weighted by atomic mass is 9.93. The van der Waals surface area contributed by atoms with Gasteiger partial charge in [0, 0.05) is 30.2 Å². The van der Waals surface area contributed by atoms with E-state index in [1.165, 1.54) is 24.3 Å². The molecule has 6 nitrogen and oxygen atoms in total. The monoisotopic (exact) mass is 290 g/mol. The van der Waals surface area contributed by atoms with Gasteiger partial charge < -0.3 is 30.3 Å². The Bertz CT molecular complexity index is 712. The molecule has 0 spiro atoms. The molecule has 0 saturated carbocycles. The first-order valence-corrected chi connectivity index (χ1v) is 6.38. The van der Waals surface area contributed by atoms with Gasteiger partial charge in [0.1, 0.15) is 28.7 Å². The largest absolute Gasteiger partial charge is 0.508 e. The Kier molecular flexibility index (Phi) is 2.84. The van der Waals surface area contributed by atoms with Gasteiger partial charge in [0.2, 0.25) is 5.79 Å². The van der Waals surface area contributed by atoms with Crippen LogP contribution < -0.4 is 4.74 Å². The van der Waals surface area contributed by atoms with Crippen molar-refractivity contribution < 1.29 is 30.3 Å². The molecule has 2 aromatic rings. The van der Waals surface area contributed by atoms with Crippen LogP contribution in [0.15, 0.2) is 30.3 Å². The molecule has 3 rings (SSSR count). The summed E-state index contributed by atoms with van der Waals surface area (Å²) in [7, 11) is 0. The highest BCUT2D eigenvalue weighted by molar-refractivity contribution is 5.52. The number of hydrogen-bond donors (Lipinski definition) is 5. The van der Waals surface area contributed by atoms with Crippen molar-refractivity contribution >= 4 is 0 Å². The van der Waals surface area contributed by atoms with Gasteiger partial charge in [-0.2, -0.15) is 0 Å². The van der Waals surface area contributed by atoms with Crippen LogP contribution in [-0.2, 0) is 12.2 Å². The number of fused-ring (bicyclic) bond motifs is 1. The quantitative estimate of drug-likeness (QED) is 0.546. The standard InChI is InChI=1S/C15H14O6/c16-8-1-2-11(13(19)5-8)15(20)4-3-10-12(18)6-9(17)7-14(10)21-15/h1-2,5-7,16-20H,3-4H2. The van der Waals surface area contributed by atoms with Gasteiger partial charge in [-0.05, 0) is 18.6 Å². The minimum atomic E-state index is -1.80. The molecule has 1 unspecified atom stereocenters. The highest BCUT2D eigenvalue weighted by Gasteiger charge is 2.39. The number of phenols is 4. The van der Waals surface area contributed by atoms with E-state index >= 15 is 0 Å². The topological polar surface area (TPSA) is 110 Å². The molecule has 0 saturated heterocycles. The third-order valence-electron chi connectivity index (χ3n) is 3.57. The predicted octanol–water partition coefficient (Wildman–Crippen LogP) is 1.68. The van der Waals surface area contributed by atoms with Crippen LogP contribution in [-0.4, -0.2) is 25.5 Å². The zero-order valence-corrected chi connectivity index (χ0v) is 10.9. The number of phenolic OH excluding ortho intramolecular Hbond substituents is 4. The van der Waals surface area contributed by atoms with Crippen LogP contribution in [0.5, 0.6) is 28.7 Å². The van der Waals surface area contributed by atoms with Gasteiger partial charge in [-0.15, -0.1) is 0 Å². The number of rotatable bonds is 1. The van der Waals surface area contributed by atoms with Crippen molar-refractivity contribution in [3.05, 3.63) is 41.5 Å². The first-order chi connectivity index (χ1) is 9.89. The number of hydrogen-bond acceptors (Lipinski definition) is 6. The second-order valence-corrected chi connectivity index (χ2v) is 5.03. The summed E-state index contributed by atoms with van der Waals surface area (Å²) in [5.74, 6) is -2.39. The van der Waals surface area contributed by atoms with E-state index in [0.29, 0.717) is 12.0 Å². The Morgan fingerprint density at radius 2 is 1.62 bits per heavy atom. The maximum atomic E-state index is 10.6. The van der Waals surface area contributed by atoms with Gasteiger partial charge in [-0.25, -0.2) is 0 Å². The summed E-state index contributed by atoms with van der Waals surface area (Å²) >= 11 is 0. The summed E-state index contributed by atoms with van der Waals surface area (Å²) in [5, 5.41) is 49.0. The van der Waals surface area contributed by atoms with Crippen molar-refractivity contribution in [1.82, 2.24) is 0 Å². The number of aliphatic hydroxyl groups is 1. The molecule has 21 heavy (non-hydrogen) atoms. The van der Waals surface area contributed by atoms with Gasteiger partial charge >= 0.3 is 0 Å². The van der Waals surface area contributed by atoms with Crippen LogP contribution in [0.2, 0.25) is 0 Å². The molecule has 2 aromatic carbocycles. The molecular formula is C15H14O6. The summed E-state index contributed by atoms with van der Waals surface area (Å²) in [4.78, 5) is 0. The molecule has 1 aliphatic heterocycles. The van der Waals surface area contributed by atoms with Gasteiger partial charge in [0.05, 0.1) is 5.56 Å². The molecule has 5 N–H and O–H groups in total. The van der Waals surface area contributed by atoms with E-state index in [-0.39, 0.29) is 40.7 Å². The van der Waals surface area contributed by atoms with Crippen LogP contribution >= 0.6 is 0 Å². The Labute approximate surface area is 120 Å². The van der Waals surface area contributed by atoms with Crippen molar-refractivity contribution in [1.29, 1.82) is 0 Å². The van der Waals surface area contributed by atoms with Crippen molar-refractivity contribution in [2.75, 3.05) is 0 Å². The fourth-order valence-corrected chi connectivity index (χ4v) is 2.53. The minimum Gasteiger partial charge on any atom is -0.508 e. The molecule has 110 valence electrons. The lowest BCUT2D eigenvalue weighted by Crippen LogP contribution is -2.36. The Balaban J connectivity index is 2.05. The van der Waals surface area contributed by atoms with Crippen LogP contribution in [0.4, 0.5) is 0 Å². The summed E-state index contributed by atoms with van der Waals surface area (Å²) in [6, 6.07) is 6.28. The zero-order valence-electron chi connectivity index (χ0n) is 10.9. The Morgan fingerprint density at radius 1 is 0.905 bits per heavy atom. The van der Waals surface area contributed by atoms with Gasteiger partial charge in [0.15, 0.2) is 0 Å². The summed E-state index contributed by atoms with van der Waals surface area (Å²) in [6.45, 7) is 0. The van der Waals surface area contributed by atoms with Crippen molar-refractivity contribution in [3.63, 3.8) is 0 Å². The molecule has 6 heteroatoms. The normalized spacial score (nSPS) is 20.6. The van der Waals surface area contributed by atoms with E-state index in [4.69, 9.17) is 4.74 Å². The maximum Gasteiger partial charge on any atom is 0.238 e. The van der Waals surface area contributed by atoms with Crippen LogP contribution in [0.1, 0.15) is 17.5 Å². The molecule has 0 aliphatic carbocycles. The molecule has 0 aromatic heterocycles. The lowest BCUT2D eigenvalue weighted by Gasteiger charge is -2.35. The summed E-state index contributed by atoms with van der Waals surface area (Å²) in [6.07, 6.45) is 0.412. The fourth-order valence-electron chi connectivity index (χ4n) is 2.53. The minimum absolute atomic E-state index is 0.105. The van der Waals surface area contributed by atoms with E-state index < -0.39 is 5.79 Å². The fraction of sp³-hybridized carbons (Fsp3) is 0.200. The number of ether oxygens (including phenoxy) is 1. The SMILES string of the molecule is Oc1ccc(C2(O)CCc3c(O)cc(O)cc3O2)c(O)c1. The first kappa shape index (κ1) is 13.4. The van der Waals surface area contributed by atoms with E-state index in [2.05, 4.69) is 0 Å². The van der Waals surface area contributed by atoms with Crippen LogP contribution in [0.25, 0.3) is 0 Å². The van der Waals surface area contributed by atoms with E-state index in [9.17, 15) is 25.5 Å². The molecule has 0 amide bonds. The Hall–Kier alpha value is -2.60. The smallest absolute Gasteiger partial charge is 0.238 e. The molecule has 0 fully saturated rings. The third kappa shape index (κ3) is 2.19. The second-order valence-electron chi connectivity index (χ2n) is 5.03. The highest BCUT2D eigenvalue weighted by Crippen LogP contribution is 2.45. The summed E-state index contributed by atoms with van der Waals surface area (Å²) in [5.41, 5.74) is 0.588. The highest BCUT2D eigenvalue weighted by atomic mass is 16.6. The maximum absolute atomic E-state index is 10.6. The zero-order chi connectivity index (χ0) is 15.2. The summed E-state index contributed by atoms with van der Waals surface area (Å²) < 4.78 is 5.48. The first-order valence-electron chi connectivity index (χ1n) is 6.38. The van der Waals surface area contributed by atoms with Crippen LogP contribution in [0, 0.1) is 0 Å². The van der Waals surface area contributed by atoms with Gasteiger partial charge in [0.25, 0.3) is 0 Å². The number of benzene rings is 2. The molecule has 0 bridgehead atoms. The molecule has 1 atom stereocenters. The second kappa shape index (κ2) is 4.46. The molecule has 1 heterocycles. The lowest BCUT2D eigenvalue weighted by molar-refractivity contribution is -0.159. The molecular weight excluding hydrogens is 276 g/mol. The molecule has 1 aliphatic rings. The van der Waals surface area contributed by atoms with Crippen molar-refractivity contribution in [2.24, 2.45) is 0 Å². The predicted molar refractivity (Wildman–Crippen MR) is 72.4 cm³/mol. The van der Waals surface area contributed by atoms with Crippen LogP contribution in [0.3, 0.4) is 0 Å². The van der Waals surface area contributed by atoms with Gasteiger partial charge in [-0.3, -0.25) is 0 Å². The third-order valence-corrected chi connectivity index (χ3v) is 3.57. The van der Waals surface area contributed by atoms with Crippen molar-refractivity contribution in [2.45, 2.75) is 18.6 Å². The average molecular weight is 290 g/mol. The van der Waals surface area contributed by atoms with E-state index in [1.54, 1.807) is 0 Å². The van der Waals surface area contributed by atoms with E-state index in [0.717, 1.165) is 6.07 Å². The number of aromatic hydroxyl groups is 4. The van der Waals surface area contributed by atoms with Gasteiger partial charge in [-0.1, -0.05) is 0 Å².